The monoisotopic (exact) mass is 352 g/mol. The molecule has 24 heavy (non-hydrogen) atoms. The fourth-order valence-corrected chi connectivity index (χ4v) is 4.49. The van der Waals surface area contributed by atoms with Gasteiger partial charge >= 0.3 is 0 Å². The molecule has 0 aromatic heterocycles. The molecular weight excluding hydrogens is 320 g/mol. The predicted octanol–water partition coefficient (Wildman–Crippen LogP) is 3.48. The molecule has 4 nitrogen and oxygen atoms in total. The highest BCUT2D eigenvalue weighted by Crippen LogP contribution is 2.26. The van der Waals surface area contributed by atoms with Crippen molar-refractivity contribution < 1.29 is 8.42 Å². The summed E-state index contributed by atoms with van der Waals surface area (Å²) in [6, 6.07) is 8.91. The molecule has 0 bridgehead atoms. The van der Waals surface area contributed by atoms with Crippen molar-refractivity contribution in [3.05, 3.63) is 35.4 Å². The normalized spacial score (nSPS) is 18.0. The Hall–Kier alpha value is -0.910. The zero-order valence-electron chi connectivity index (χ0n) is 15.5. The molecule has 1 fully saturated rings. The van der Waals surface area contributed by atoms with Gasteiger partial charge in [-0.15, -0.1) is 0 Å². The molecule has 0 amide bonds. The maximum absolute atomic E-state index is 12.2. The molecular formula is C19H32N2O2S. The molecule has 0 spiro atoms. The second-order valence-electron chi connectivity index (χ2n) is 7.89. The summed E-state index contributed by atoms with van der Waals surface area (Å²) in [5.41, 5.74) is 2.89. The highest BCUT2D eigenvalue weighted by atomic mass is 32.2. The summed E-state index contributed by atoms with van der Waals surface area (Å²) >= 11 is 0. The molecule has 1 heterocycles. The third kappa shape index (κ3) is 5.30. The molecule has 5 heteroatoms. The van der Waals surface area contributed by atoms with Crippen LogP contribution in [0.1, 0.15) is 58.1 Å². The molecule has 136 valence electrons. The molecule has 1 N–H and O–H groups in total. The molecule has 0 aliphatic carbocycles. The third-order valence-corrected chi connectivity index (χ3v) is 6.41. The van der Waals surface area contributed by atoms with Crippen molar-refractivity contribution >= 4 is 10.2 Å². The smallest absolute Gasteiger partial charge is 0.202 e. The van der Waals surface area contributed by atoms with Gasteiger partial charge in [0.05, 0.1) is 0 Å². The topological polar surface area (TPSA) is 49.4 Å². The van der Waals surface area contributed by atoms with Crippen molar-refractivity contribution in [2.75, 3.05) is 19.6 Å². The van der Waals surface area contributed by atoms with Crippen LogP contribution >= 0.6 is 0 Å². The fourth-order valence-electron chi connectivity index (χ4n) is 3.15. The lowest BCUT2D eigenvalue weighted by molar-refractivity contribution is 0.270. The van der Waals surface area contributed by atoms with Crippen LogP contribution in [0.25, 0.3) is 0 Å². The summed E-state index contributed by atoms with van der Waals surface area (Å²) in [7, 11) is -3.28. The molecule has 0 radical (unpaired) electrons. The van der Waals surface area contributed by atoms with Crippen molar-refractivity contribution in [2.45, 2.75) is 58.8 Å². The van der Waals surface area contributed by atoms with Crippen LogP contribution in [0, 0.1) is 5.92 Å². The van der Waals surface area contributed by atoms with E-state index in [1.54, 1.807) is 4.31 Å². The molecule has 1 aromatic carbocycles. The first-order valence-electron chi connectivity index (χ1n) is 9.06. The Balaban J connectivity index is 1.87. The van der Waals surface area contributed by atoms with E-state index in [2.05, 4.69) is 49.8 Å². The van der Waals surface area contributed by atoms with Gasteiger partial charge < -0.3 is 0 Å². The van der Waals surface area contributed by atoms with E-state index >= 15 is 0 Å². The van der Waals surface area contributed by atoms with Gasteiger partial charge in [-0.1, -0.05) is 52.0 Å². The average Bonchev–Trinajstić information content (AvgIpc) is 2.53. The van der Waals surface area contributed by atoms with Gasteiger partial charge in [0.2, 0.25) is 0 Å². The van der Waals surface area contributed by atoms with E-state index in [1.807, 2.05) is 6.92 Å². The van der Waals surface area contributed by atoms with Crippen molar-refractivity contribution in [3.8, 4) is 0 Å². The van der Waals surface area contributed by atoms with Gasteiger partial charge in [-0.05, 0) is 48.1 Å². The predicted molar refractivity (Wildman–Crippen MR) is 100 cm³/mol. The lowest BCUT2D eigenvalue weighted by atomic mass is 9.85. The van der Waals surface area contributed by atoms with Crippen molar-refractivity contribution in [2.24, 2.45) is 5.92 Å². The maximum atomic E-state index is 12.2. The molecule has 1 aliphatic rings. The lowest BCUT2D eigenvalue weighted by Gasteiger charge is -2.31. The molecule has 0 unspecified atom stereocenters. The molecule has 1 aromatic rings. The summed E-state index contributed by atoms with van der Waals surface area (Å²) in [4.78, 5) is 0. The quantitative estimate of drug-likeness (QED) is 0.852. The second kappa shape index (κ2) is 7.98. The first-order chi connectivity index (χ1) is 11.2. The van der Waals surface area contributed by atoms with Crippen LogP contribution in [0.3, 0.4) is 0 Å². The van der Waals surface area contributed by atoms with Crippen molar-refractivity contribution in [3.63, 3.8) is 0 Å². The van der Waals surface area contributed by atoms with Gasteiger partial charge in [0.15, 0.2) is 0 Å². The summed E-state index contributed by atoms with van der Waals surface area (Å²) in [5, 5.41) is 0. The third-order valence-electron chi connectivity index (χ3n) is 4.79. The minimum Gasteiger partial charge on any atom is -0.202 e. The Morgan fingerprint density at radius 2 is 1.71 bits per heavy atom. The zero-order valence-corrected chi connectivity index (χ0v) is 16.3. The molecule has 1 saturated heterocycles. The standard InChI is InChI=1S/C19H32N2O2S/c1-5-12-20-24(22,23)21-13-10-17(11-14-21)15-16-6-8-18(9-7-16)19(2,3)4/h6-9,17,20H,5,10-15H2,1-4H3. The van der Waals surface area contributed by atoms with Crippen LogP contribution in [0.4, 0.5) is 0 Å². The Labute approximate surface area is 147 Å². The van der Waals surface area contributed by atoms with Crippen molar-refractivity contribution in [1.82, 2.24) is 9.03 Å². The molecule has 0 atom stereocenters. The van der Waals surface area contributed by atoms with Gasteiger partial charge in [-0.3, -0.25) is 0 Å². The SMILES string of the molecule is CCCNS(=O)(=O)N1CCC(Cc2ccc(C(C)(C)C)cc2)CC1. The lowest BCUT2D eigenvalue weighted by Crippen LogP contribution is -2.45. The number of benzene rings is 1. The summed E-state index contributed by atoms with van der Waals surface area (Å²) in [6.07, 6.45) is 3.74. The fraction of sp³-hybridized carbons (Fsp3) is 0.684. The minimum atomic E-state index is -3.28. The average molecular weight is 353 g/mol. The van der Waals surface area contributed by atoms with E-state index in [0.29, 0.717) is 25.6 Å². The Kier molecular flexibility index (Phi) is 6.46. The van der Waals surface area contributed by atoms with Gasteiger partial charge in [0.1, 0.15) is 0 Å². The van der Waals surface area contributed by atoms with Crippen LogP contribution in [0.2, 0.25) is 0 Å². The van der Waals surface area contributed by atoms with Crippen LogP contribution in [-0.2, 0) is 22.0 Å². The Morgan fingerprint density at radius 3 is 2.21 bits per heavy atom. The summed E-state index contributed by atoms with van der Waals surface area (Å²) in [5.74, 6) is 0.572. The number of nitrogens with one attached hydrogen (secondary N) is 1. The first-order valence-corrected chi connectivity index (χ1v) is 10.5. The van der Waals surface area contributed by atoms with E-state index in [1.165, 1.54) is 11.1 Å². The van der Waals surface area contributed by atoms with Gasteiger partial charge in [0, 0.05) is 19.6 Å². The van der Waals surface area contributed by atoms with Gasteiger partial charge in [-0.25, -0.2) is 4.72 Å². The Morgan fingerprint density at radius 1 is 1.12 bits per heavy atom. The molecule has 1 aliphatic heterocycles. The van der Waals surface area contributed by atoms with E-state index in [0.717, 1.165) is 25.7 Å². The summed E-state index contributed by atoms with van der Waals surface area (Å²) < 4.78 is 28.6. The molecule has 0 saturated carbocycles. The van der Waals surface area contributed by atoms with E-state index in [9.17, 15) is 8.42 Å². The number of nitrogens with zero attached hydrogens (tertiary/aromatic N) is 1. The van der Waals surface area contributed by atoms with Gasteiger partial charge in [-0.2, -0.15) is 12.7 Å². The van der Waals surface area contributed by atoms with Crippen LogP contribution in [0.15, 0.2) is 24.3 Å². The molecule has 2 rings (SSSR count). The number of hydrogen-bond acceptors (Lipinski definition) is 2. The maximum Gasteiger partial charge on any atom is 0.279 e. The second-order valence-corrected chi connectivity index (χ2v) is 9.65. The number of piperidine rings is 1. The summed E-state index contributed by atoms with van der Waals surface area (Å²) in [6.45, 7) is 10.4. The largest absolute Gasteiger partial charge is 0.279 e. The van der Waals surface area contributed by atoms with E-state index in [-0.39, 0.29) is 5.41 Å². The minimum absolute atomic E-state index is 0.184. The highest BCUT2D eigenvalue weighted by molar-refractivity contribution is 7.87. The first kappa shape index (κ1) is 19.4. The van der Waals surface area contributed by atoms with Gasteiger partial charge in [0.25, 0.3) is 10.2 Å². The van der Waals surface area contributed by atoms with Crippen LogP contribution in [-0.4, -0.2) is 32.4 Å². The number of rotatable bonds is 6. The van der Waals surface area contributed by atoms with E-state index < -0.39 is 10.2 Å². The zero-order chi connectivity index (χ0) is 17.8. The van der Waals surface area contributed by atoms with Crippen LogP contribution in [0.5, 0.6) is 0 Å². The Bertz CT molecular complexity index is 610. The van der Waals surface area contributed by atoms with E-state index in [4.69, 9.17) is 0 Å². The highest BCUT2D eigenvalue weighted by Gasteiger charge is 2.27. The van der Waals surface area contributed by atoms with Crippen LogP contribution < -0.4 is 4.72 Å². The van der Waals surface area contributed by atoms with Crippen molar-refractivity contribution in [1.29, 1.82) is 0 Å². The number of hydrogen-bond donors (Lipinski definition) is 1.